The van der Waals surface area contributed by atoms with Crippen molar-refractivity contribution in [1.29, 1.82) is 0 Å². The Hall–Kier alpha value is -1.94. The van der Waals surface area contributed by atoms with Gasteiger partial charge in [0.2, 0.25) is 0 Å². The van der Waals surface area contributed by atoms with Crippen molar-refractivity contribution in [3.05, 3.63) is 58.6 Å². The lowest BCUT2D eigenvalue weighted by Gasteiger charge is -2.20. The van der Waals surface area contributed by atoms with Gasteiger partial charge in [-0.1, -0.05) is 29.8 Å². The number of fused-ring (bicyclic) bond motifs is 1. The summed E-state index contributed by atoms with van der Waals surface area (Å²) in [7, 11) is 0. The first-order valence-electron chi connectivity index (χ1n) is 6.57. The van der Waals surface area contributed by atoms with Crippen molar-refractivity contribution in [2.45, 2.75) is 19.4 Å². The maximum atomic E-state index is 12.6. The molecule has 2 heterocycles. The normalized spacial score (nSPS) is 14.8. The van der Waals surface area contributed by atoms with Gasteiger partial charge in [-0.2, -0.15) is 0 Å². The van der Waals surface area contributed by atoms with Crippen molar-refractivity contribution in [2.24, 2.45) is 0 Å². The fraction of sp³-hybridized carbons (Fsp3) is 0.267. The number of rotatable bonds is 2. The van der Waals surface area contributed by atoms with E-state index in [9.17, 15) is 4.79 Å². The van der Waals surface area contributed by atoms with E-state index in [1.165, 1.54) is 6.20 Å². The number of aryl methyl sites for hydroxylation is 1. The molecule has 1 aliphatic rings. The number of hydrogen-bond donors (Lipinski definition) is 0. The van der Waals surface area contributed by atoms with Gasteiger partial charge in [0.1, 0.15) is 5.15 Å². The number of benzene rings is 1. The van der Waals surface area contributed by atoms with Gasteiger partial charge in [0.25, 0.3) is 5.91 Å². The lowest BCUT2D eigenvalue weighted by molar-refractivity contribution is 0.0746. The predicted octanol–water partition coefficient (Wildman–Crippen LogP) is 2.72. The van der Waals surface area contributed by atoms with Gasteiger partial charge < -0.3 is 4.90 Å². The van der Waals surface area contributed by atoms with E-state index in [0.29, 0.717) is 11.7 Å². The highest BCUT2D eigenvalue weighted by atomic mass is 35.5. The van der Waals surface area contributed by atoms with Gasteiger partial charge in [-0.3, -0.25) is 9.78 Å². The van der Waals surface area contributed by atoms with Crippen molar-refractivity contribution >= 4 is 17.5 Å². The Kier molecular flexibility index (Phi) is 3.65. The summed E-state index contributed by atoms with van der Waals surface area (Å²) in [5.74, 6) is 0.0647. The number of carbonyl (C=O) groups is 1. The fourth-order valence-corrected chi connectivity index (χ4v) is 2.54. The first-order valence-corrected chi connectivity index (χ1v) is 6.95. The average molecular weight is 288 g/mol. The second-order valence-corrected chi connectivity index (χ2v) is 5.21. The minimum Gasteiger partial charge on any atom is -0.333 e. The molecule has 0 radical (unpaired) electrons. The monoisotopic (exact) mass is 287 g/mol. The summed E-state index contributed by atoms with van der Waals surface area (Å²) in [5, 5.41) is 0.362. The Bertz CT molecular complexity index is 627. The summed E-state index contributed by atoms with van der Waals surface area (Å²) in [6.45, 7) is 1.20. The Morgan fingerprint density at radius 3 is 2.85 bits per heavy atom. The lowest BCUT2D eigenvalue weighted by atomic mass is 10.0. The summed E-state index contributed by atoms with van der Waals surface area (Å²) in [4.78, 5) is 22.6. The molecule has 0 unspecified atom stereocenters. The summed E-state index contributed by atoms with van der Waals surface area (Å²) in [6, 6.07) is 7.80. The molecule has 2 aromatic rings. The van der Waals surface area contributed by atoms with E-state index in [2.05, 4.69) is 9.97 Å². The van der Waals surface area contributed by atoms with Gasteiger partial charge in [0.15, 0.2) is 0 Å². The first kappa shape index (κ1) is 13.1. The van der Waals surface area contributed by atoms with Crippen LogP contribution in [0.2, 0.25) is 5.15 Å². The molecule has 1 aliphatic heterocycles. The molecule has 1 aromatic carbocycles. The molecular weight excluding hydrogens is 274 g/mol. The quantitative estimate of drug-likeness (QED) is 0.853. The van der Waals surface area contributed by atoms with E-state index in [1.807, 2.05) is 29.2 Å². The summed E-state index contributed by atoms with van der Waals surface area (Å²) < 4.78 is 0. The first-order chi connectivity index (χ1) is 9.74. The molecule has 1 aromatic heterocycles. The molecule has 0 bridgehead atoms. The Balaban J connectivity index is 1.84. The zero-order valence-corrected chi connectivity index (χ0v) is 11.7. The van der Waals surface area contributed by atoms with Gasteiger partial charge in [0.05, 0.1) is 24.6 Å². The SMILES string of the molecule is O=C1c2ccccc2CCCN1Cc1cnc(Cl)cn1. The molecule has 5 heteroatoms. The van der Waals surface area contributed by atoms with Gasteiger partial charge in [-0.15, -0.1) is 0 Å². The van der Waals surface area contributed by atoms with Crippen LogP contribution in [0.5, 0.6) is 0 Å². The topological polar surface area (TPSA) is 46.1 Å². The Morgan fingerprint density at radius 1 is 1.20 bits per heavy atom. The summed E-state index contributed by atoms with van der Waals surface area (Å²) in [5.41, 5.74) is 2.68. The highest BCUT2D eigenvalue weighted by Crippen LogP contribution is 2.19. The standard InChI is InChI=1S/C15H14ClN3O/c16-14-9-17-12(8-18-14)10-19-7-3-5-11-4-1-2-6-13(11)15(19)20/h1-2,4,6,8-9H,3,5,7,10H2. The fourth-order valence-electron chi connectivity index (χ4n) is 2.45. The van der Waals surface area contributed by atoms with Crippen LogP contribution in [0.4, 0.5) is 0 Å². The van der Waals surface area contributed by atoms with Crippen LogP contribution in [0.25, 0.3) is 0 Å². The van der Waals surface area contributed by atoms with E-state index >= 15 is 0 Å². The minimum atomic E-state index is 0.0647. The van der Waals surface area contributed by atoms with Crippen LogP contribution in [0.3, 0.4) is 0 Å². The molecule has 0 saturated heterocycles. The number of nitrogens with zero attached hydrogens (tertiary/aromatic N) is 3. The molecular formula is C15H14ClN3O. The molecule has 1 amide bonds. The number of carbonyl (C=O) groups excluding carboxylic acids is 1. The zero-order valence-electron chi connectivity index (χ0n) is 10.9. The van der Waals surface area contributed by atoms with E-state index in [0.717, 1.165) is 36.2 Å². The predicted molar refractivity (Wildman–Crippen MR) is 76.5 cm³/mol. The number of amides is 1. The van der Waals surface area contributed by atoms with Crippen molar-refractivity contribution in [1.82, 2.24) is 14.9 Å². The number of halogens is 1. The molecule has 0 fully saturated rings. The maximum Gasteiger partial charge on any atom is 0.254 e. The Morgan fingerprint density at radius 2 is 2.05 bits per heavy atom. The van der Waals surface area contributed by atoms with Crippen LogP contribution in [-0.4, -0.2) is 27.3 Å². The smallest absolute Gasteiger partial charge is 0.254 e. The zero-order chi connectivity index (χ0) is 13.9. The molecule has 0 N–H and O–H groups in total. The molecule has 0 aliphatic carbocycles. The largest absolute Gasteiger partial charge is 0.333 e. The van der Waals surface area contributed by atoms with Crippen molar-refractivity contribution in [3.63, 3.8) is 0 Å². The highest BCUT2D eigenvalue weighted by molar-refractivity contribution is 6.29. The molecule has 4 nitrogen and oxygen atoms in total. The van der Waals surface area contributed by atoms with Crippen molar-refractivity contribution in [3.8, 4) is 0 Å². The van der Waals surface area contributed by atoms with E-state index in [1.54, 1.807) is 6.20 Å². The second kappa shape index (κ2) is 5.59. The third kappa shape index (κ3) is 2.65. The number of aromatic nitrogens is 2. The van der Waals surface area contributed by atoms with Crippen molar-refractivity contribution < 1.29 is 4.79 Å². The van der Waals surface area contributed by atoms with Crippen LogP contribution >= 0.6 is 11.6 Å². The summed E-state index contributed by atoms with van der Waals surface area (Å²) in [6.07, 6.45) is 5.02. The van der Waals surface area contributed by atoms with Gasteiger partial charge >= 0.3 is 0 Å². The molecule has 3 rings (SSSR count). The maximum absolute atomic E-state index is 12.6. The lowest BCUT2D eigenvalue weighted by Crippen LogP contribution is -2.30. The van der Waals surface area contributed by atoms with Crippen LogP contribution in [0, 0.1) is 0 Å². The summed E-state index contributed by atoms with van der Waals surface area (Å²) >= 11 is 5.72. The third-order valence-electron chi connectivity index (χ3n) is 3.44. The van der Waals surface area contributed by atoms with E-state index in [4.69, 9.17) is 11.6 Å². The third-order valence-corrected chi connectivity index (χ3v) is 3.63. The minimum absolute atomic E-state index is 0.0647. The molecule has 0 saturated carbocycles. The second-order valence-electron chi connectivity index (χ2n) is 4.82. The number of hydrogen-bond acceptors (Lipinski definition) is 3. The van der Waals surface area contributed by atoms with E-state index in [-0.39, 0.29) is 5.91 Å². The molecule has 0 atom stereocenters. The molecule has 20 heavy (non-hydrogen) atoms. The van der Waals surface area contributed by atoms with Gasteiger partial charge in [0, 0.05) is 12.1 Å². The highest BCUT2D eigenvalue weighted by Gasteiger charge is 2.22. The van der Waals surface area contributed by atoms with E-state index < -0.39 is 0 Å². The van der Waals surface area contributed by atoms with Crippen LogP contribution in [0.15, 0.2) is 36.7 Å². The molecule has 0 spiro atoms. The molecule has 102 valence electrons. The average Bonchev–Trinajstić information content (AvgIpc) is 2.62. The van der Waals surface area contributed by atoms with Gasteiger partial charge in [-0.05, 0) is 24.5 Å². The Labute approximate surface area is 122 Å². The van der Waals surface area contributed by atoms with Crippen molar-refractivity contribution in [2.75, 3.05) is 6.54 Å². The van der Waals surface area contributed by atoms with Crippen LogP contribution in [-0.2, 0) is 13.0 Å². The van der Waals surface area contributed by atoms with Crippen LogP contribution in [0.1, 0.15) is 28.0 Å². The van der Waals surface area contributed by atoms with Crippen LogP contribution < -0.4 is 0 Å². The van der Waals surface area contributed by atoms with Gasteiger partial charge in [-0.25, -0.2) is 4.98 Å².